The molecule has 0 amide bonds. The summed E-state index contributed by atoms with van der Waals surface area (Å²) in [6, 6.07) is 0. The summed E-state index contributed by atoms with van der Waals surface area (Å²) in [4.78, 5) is 38.1. The van der Waals surface area contributed by atoms with Gasteiger partial charge in [0.1, 0.15) is 13.2 Å². The molecular formula is C62H104O6. The summed E-state index contributed by atoms with van der Waals surface area (Å²) in [5.74, 6) is -0.934. The number of unbranched alkanes of at least 4 members (excludes halogenated alkanes) is 23. The van der Waals surface area contributed by atoms with Crippen LogP contribution in [0.4, 0.5) is 0 Å². The monoisotopic (exact) mass is 945 g/mol. The van der Waals surface area contributed by atoms with Gasteiger partial charge in [-0.1, -0.05) is 221 Å². The average molecular weight is 946 g/mol. The maximum absolute atomic E-state index is 12.8. The molecule has 0 aromatic carbocycles. The van der Waals surface area contributed by atoms with Crippen molar-refractivity contribution in [1.29, 1.82) is 0 Å². The van der Waals surface area contributed by atoms with E-state index in [1.165, 1.54) is 70.6 Å². The zero-order chi connectivity index (χ0) is 49.3. The molecule has 0 heterocycles. The predicted molar refractivity (Wildman–Crippen MR) is 293 cm³/mol. The van der Waals surface area contributed by atoms with E-state index in [0.717, 1.165) is 148 Å². The van der Waals surface area contributed by atoms with Gasteiger partial charge in [-0.25, -0.2) is 0 Å². The second-order valence-corrected chi connectivity index (χ2v) is 18.5. The molecule has 0 saturated heterocycles. The molecule has 0 N–H and O–H groups in total. The van der Waals surface area contributed by atoms with E-state index >= 15 is 0 Å². The van der Waals surface area contributed by atoms with Crippen LogP contribution in [-0.4, -0.2) is 37.2 Å². The first-order chi connectivity index (χ1) is 33.5. The third kappa shape index (κ3) is 53.3. The molecule has 0 fully saturated rings. The molecule has 68 heavy (non-hydrogen) atoms. The number of carbonyl (C=O) groups excluding carboxylic acids is 3. The molecule has 388 valence electrons. The fourth-order valence-corrected chi connectivity index (χ4v) is 7.54. The summed E-state index contributed by atoms with van der Waals surface area (Å²) in [6.07, 6.45) is 73.9. The van der Waals surface area contributed by atoms with Crippen molar-refractivity contribution in [2.45, 2.75) is 264 Å². The van der Waals surface area contributed by atoms with Gasteiger partial charge in [0.25, 0.3) is 0 Å². The quantitative estimate of drug-likeness (QED) is 0.0262. The van der Waals surface area contributed by atoms with Crippen LogP contribution in [0.5, 0.6) is 0 Å². The van der Waals surface area contributed by atoms with Crippen molar-refractivity contribution in [3.05, 3.63) is 97.2 Å². The van der Waals surface area contributed by atoms with Crippen LogP contribution in [0.3, 0.4) is 0 Å². The Bertz CT molecular complexity index is 1360. The first kappa shape index (κ1) is 64.3. The number of ether oxygens (including phenoxy) is 3. The summed E-state index contributed by atoms with van der Waals surface area (Å²) < 4.78 is 16.8. The van der Waals surface area contributed by atoms with E-state index < -0.39 is 6.10 Å². The van der Waals surface area contributed by atoms with Gasteiger partial charge in [-0.15, -0.1) is 0 Å². The second kappa shape index (κ2) is 55.9. The summed E-state index contributed by atoms with van der Waals surface area (Å²) >= 11 is 0. The maximum Gasteiger partial charge on any atom is 0.306 e. The van der Waals surface area contributed by atoms with E-state index in [9.17, 15) is 14.4 Å². The van der Waals surface area contributed by atoms with E-state index in [1.54, 1.807) is 0 Å². The van der Waals surface area contributed by atoms with Crippen molar-refractivity contribution in [2.24, 2.45) is 0 Å². The van der Waals surface area contributed by atoms with Crippen LogP contribution in [-0.2, 0) is 28.6 Å². The van der Waals surface area contributed by atoms with Crippen LogP contribution in [0.25, 0.3) is 0 Å². The SMILES string of the molecule is CC/C=C\C/C=C\C/C=C\C/C=C\C/C=C\CCCCCCCC(=O)OCC(COC(=O)CCCCCCC/C=C\C/C=C\CCCC)OC(=O)CCCCCCC/C=C\CCCCCCCC. The van der Waals surface area contributed by atoms with Gasteiger partial charge in [0.2, 0.25) is 0 Å². The van der Waals surface area contributed by atoms with Crippen molar-refractivity contribution in [3.63, 3.8) is 0 Å². The molecule has 0 aliphatic rings. The smallest absolute Gasteiger partial charge is 0.306 e. The maximum atomic E-state index is 12.8. The number of rotatable bonds is 50. The number of esters is 3. The average Bonchev–Trinajstić information content (AvgIpc) is 3.34. The zero-order valence-electron chi connectivity index (χ0n) is 44.3. The molecule has 1 atom stereocenters. The molecule has 0 aliphatic carbocycles. The predicted octanol–water partition coefficient (Wildman–Crippen LogP) is 18.9. The van der Waals surface area contributed by atoms with Crippen LogP contribution in [0.15, 0.2) is 97.2 Å². The number of hydrogen-bond acceptors (Lipinski definition) is 6. The molecule has 0 aromatic rings. The van der Waals surface area contributed by atoms with Gasteiger partial charge in [0.05, 0.1) is 0 Å². The van der Waals surface area contributed by atoms with Crippen LogP contribution >= 0.6 is 0 Å². The Hall–Kier alpha value is -3.67. The molecule has 0 saturated carbocycles. The zero-order valence-corrected chi connectivity index (χ0v) is 44.3. The molecule has 0 radical (unpaired) electrons. The normalized spacial score (nSPS) is 12.8. The third-order valence-electron chi connectivity index (χ3n) is 11.8. The molecule has 6 nitrogen and oxygen atoms in total. The molecule has 0 aromatic heterocycles. The number of carbonyl (C=O) groups is 3. The number of hydrogen-bond donors (Lipinski definition) is 0. The van der Waals surface area contributed by atoms with Gasteiger partial charge in [-0.05, 0) is 116 Å². The molecular weight excluding hydrogens is 841 g/mol. The van der Waals surface area contributed by atoms with E-state index in [2.05, 4.69) is 118 Å². The highest BCUT2D eigenvalue weighted by molar-refractivity contribution is 5.71. The van der Waals surface area contributed by atoms with Crippen LogP contribution in [0, 0.1) is 0 Å². The first-order valence-electron chi connectivity index (χ1n) is 28.2. The van der Waals surface area contributed by atoms with E-state index in [-0.39, 0.29) is 31.1 Å². The Morgan fingerprint density at radius 2 is 0.588 bits per heavy atom. The fraction of sp³-hybridized carbons (Fsp3) is 0.694. The van der Waals surface area contributed by atoms with Gasteiger partial charge in [0, 0.05) is 19.3 Å². The summed E-state index contributed by atoms with van der Waals surface area (Å²) in [6.45, 7) is 6.45. The van der Waals surface area contributed by atoms with Crippen LogP contribution in [0.2, 0.25) is 0 Å². The second-order valence-electron chi connectivity index (χ2n) is 18.5. The highest BCUT2D eigenvalue weighted by Gasteiger charge is 2.19. The lowest BCUT2D eigenvalue weighted by Gasteiger charge is -2.18. The van der Waals surface area contributed by atoms with Crippen molar-refractivity contribution in [2.75, 3.05) is 13.2 Å². The molecule has 0 spiro atoms. The molecule has 0 rings (SSSR count). The van der Waals surface area contributed by atoms with Gasteiger partial charge in [0.15, 0.2) is 6.10 Å². The molecule has 0 aliphatic heterocycles. The standard InChI is InChI=1S/C62H104O6/c1-4-7-10-13-16-19-22-25-28-29-30-31-32-33-35-37-40-43-46-49-52-55-61(64)67-58-59(57-66-60(63)54-51-48-45-42-39-36-27-24-21-18-15-12-9-6-3)68-62(65)56-53-50-47-44-41-38-34-26-23-20-17-14-11-8-5-2/h7,10,15-16,18-19,24-28,30-31,33-35,59H,4-6,8-9,11-14,17,20-23,29,32,36-58H2,1-3H3/b10-7-,18-15-,19-16-,27-24-,28-25-,31-30-,34-26-,35-33-. The van der Waals surface area contributed by atoms with Crippen LogP contribution < -0.4 is 0 Å². The minimum atomic E-state index is -0.797. The lowest BCUT2D eigenvalue weighted by atomic mass is 10.1. The molecule has 6 heteroatoms. The van der Waals surface area contributed by atoms with Gasteiger partial charge in [-0.3, -0.25) is 14.4 Å². The molecule has 0 bridgehead atoms. The Labute approximate surface area is 419 Å². The van der Waals surface area contributed by atoms with E-state index in [0.29, 0.717) is 19.3 Å². The number of allylic oxidation sites excluding steroid dienone is 16. The van der Waals surface area contributed by atoms with Crippen molar-refractivity contribution in [3.8, 4) is 0 Å². The Morgan fingerprint density at radius 3 is 0.956 bits per heavy atom. The summed E-state index contributed by atoms with van der Waals surface area (Å²) in [7, 11) is 0. The van der Waals surface area contributed by atoms with Crippen molar-refractivity contribution in [1.82, 2.24) is 0 Å². The topological polar surface area (TPSA) is 78.9 Å². The van der Waals surface area contributed by atoms with Crippen molar-refractivity contribution < 1.29 is 28.6 Å². The Balaban J connectivity index is 4.44. The molecule has 1 unspecified atom stereocenters. The van der Waals surface area contributed by atoms with E-state index in [4.69, 9.17) is 14.2 Å². The van der Waals surface area contributed by atoms with Crippen molar-refractivity contribution >= 4 is 17.9 Å². The fourth-order valence-electron chi connectivity index (χ4n) is 7.54. The first-order valence-corrected chi connectivity index (χ1v) is 28.2. The van der Waals surface area contributed by atoms with E-state index in [1.807, 2.05) is 0 Å². The third-order valence-corrected chi connectivity index (χ3v) is 11.8. The van der Waals surface area contributed by atoms with Crippen LogP contribution in [0.1, 0.15) is 258 Å². The highest BCUT2D eigenvalue weighted by atomic mass is 16.6. The Kier molecular flexibility index (Phi) is 52.9. The lowest BCUT2D eigenvalue weighted by molar-refractivity contribution is -0.167. The minimum absolute atomic E-state index is 0.0950. The van der Waals surface area contributed by atoms with Gasteiger partial charge < -0.3 is 14.2 Å². The summed E-state index contributed by atoms with van der Waals surface area (Å²) in [5.41, 5.74) is 0. The van der Waals surface area contributed by atoms with Gasteiger partial charge >= 0.3 is 17.9 Å². The Morgan fingerprint density at radius 1 is 0.309 bits per heavy atom. The highest BCUT2D eigenvalue weighted by Crippen LogP contribution is 2.14. The minimum Gasteiger partial charge on any atom is -0.462 e. The van der Waals surface area contributed by atoms with Gasteiger partial charge in [-0.2, -0.15) is 0 Å². The summed E-state index contributed by atoms with van der Waals surface area (Å²) in [5, 5.41) is 0. The lowest BCUT2D eigenvalue weighted by Crippen LogP contribution is -2.30. The largest absolute Gasteiger partial charge is 0.462 e.